The van der Waals surface area contributed by atoms with Crippen LogP contribution in [-0.2, 0) is 4.74 Å². The van der Waals surface area contributed by atoms with Crippen LogP contribution in [0.1, 0.15) is 18.4 Å². The first-order valence-corrected chi connectivity index (χ1v) is 5.82. The highest BCUT2D eigenvalue weighted by Gasteiger charge is 1.94. The number of para-hydroxylation sites is 1. The van der Waals surface area contributed by atoms with Crippen molar-refractivity contribution in [1.29, 1.82) is 0 Å². The first kappa shape index (κ1) is 12.8. The Morgan fingerprint density at radius 3 is 2.88 bits per heavy atom. The lowest BCUT2D eigenvalue weighted by molar-refractivity contribution is 0.142. The van der Waals surface area contributed by atoms with Gasteiger partial charge < -0.3 is 10.1 Å². The maximum atomic E-state index is 5.49. The largest absolute Gasteiger partial charge is 0.383 e. The molecule has 88 valence electrons. The van der Waals surface area contributed by atoms with Gasteiger partial charge in [-0.05, 0) is 31.4 Å². The Morgan fingerprint density at radius 2 is 2.12 bits per heavy atom. The average Bonchev–Trinajstić information content (AvgIpc) is 2.30. The molecular formula is C14H21NO. The number of unbranched alkanes of at least 4 members (excludes halogenated alkanes) is 1. The van der Waals surface area contributed by atoms with E-state index in [1.165, 1.54) is 11.3 Å². The first-order chi connectivity index (χ1) is 7.84. The normalized spacial score (nSPS) is 10.1. The minimum absolute atomic E-state index is 0.755. The monoisotopic (exact) mass is 219 g/mol. The molecule has 0 saturated carbocycles. The smallest absolute Gasteiger partial charge is 0.0639 e. The van der Waals surface area contributed by atoms with Crippen LogP contribution in [0, 0.1) is 6.92 Å². The lowest BCUT2D eigenvalue weighted by Gasteiger charge is -2.09. The van der Waals surface area contributed by atoms with Crippen LogP contribution in [0.2, 0.25) is 0 Å². The van der Waals surface area contributed by atoms with Gasteiger partial charge in [0.15, 0.2) is 0 Å². The van der Waals surface area contributed by atoms with Crippen molar-refractivity contribution in [1.82, 2.24) is 0 Å². The Kier molecular flexibility index (Phi) is 6.35. The van der Waals surface area contributed by atoms with Gasteiger partial charge in [0.1, 0.15) is 0 Å². The summed E-state index contributed by atoms with van der Waals surface area (Å²) in [5.74, 6) is 0. The van der Waals surface area contributed by atoms with E-state index in [0.29, 0.717) is 0 Å². The second-order valence-electron chi connectivity index (χ2n) is 3.78. The molecule has 0 saturated heterocycles. The molecule has 0 unspecified atom stereocenters. The molecule has 0 heterocycles. The Bertz CT molecular complexity index is 309. The molecule has 0 aliphatic rings. The number of hydrogen-bond acceptors (Lipinski definition) is 2. The number of ether oxygens (including phenoxy) is 1. The molecule has 0 atom stereocenters. The van der Waals surface area contributed by atoms with Crippen LogP contribution in [0.3, 0.4) is 0 Å². The van der Waals surface area contributed by atoms with Crippen molar-refractivity contribution in [2.24, 2.45) is 0 Å². The van der Waals surface area contributed by atoms with Crippen molar-refractivity contribution >= 4 is 5.69 Å². The van der Waals surface area contributed by atoms with Crippen LogP contribution in [-0.4, -0.2) is 19.8 Å². The highest BCUT2D eigenvalue weighted by Crippen LogP contribution is 2.12. The highest BCUT2D eigenvalue weighted by atomic mass is 16.5. The maximum Gasteiger partial charge on any atom is 0.0639 e. The molecular weight excluding hydrogens is 198 g/mol. The lowest BCUT2D eigenvalue weighted by Crippen LogP contribution is -2.10. The van der Waals surface area contributed by atoms with Crippen molar-refractivity contribution < 1.29 is 4.74 Å². The molecule has 0 fully saturated rings. The van der Waals surface area contributed by atoms with Gasteiger partial charge in [-0.15, -0.1) is 6.58 Å². The molecule has 0 amide bonds. The van der Waals surface area contributed by atoms with E-state index in [1.54, 1.807) is 0 Å². The first-order valence-electron chi connectivity index (χ1n) is 5.82. The van der Waals surface area contributed by atoms with E-state index in [9.17, 15) is 0 Å². The molecule has 0 aliphatic heterocycles. The molecule has 1 aromatic carbocycles. The zero-order chi connectivity index (χ0) is 11.6. The molecule has 2 nitrogen and oxygen atoms in total. The van der Waals surface area contributed by atoms with Gasteiger partial charge in [0.05, 0.1) is 6.61 Å². The summed E-state index contributed by atoms with van der Waals surface area (Å²) in [5, 5.41) is 3.36. The van der Waals surface area contributed by atoms with E-state index in [4.69, 9.17) is 4.74 Å². The van der Waals surface area contributed by atoms with E-state index in [1.807, 2.05) is 18.2 Å². The van der Waals surface area contributed by atoms with Gasteiger partial charge in [-0.2, -0.15) is 0 Å². The second-order valence-corrected chi connectivity index (χ2v) is 3.78. The topological polar surface area (TPSA) is 21.3 Å². The quantitative estimate of drug-likeness (QED) is 0.534. The molecule has 0 aromatic heterocycles. The zero-order valence-electron chi connectivity index (χ0n) is 10.0. The Hall–Kier alpha value is -1.28. The maximum absolute atomic E-state index is 5.49. The lowest BCUT2D eigenvalue weighted by atomic mass is 10.2. The molecule has 0 spiro atoms. The SMILES string of the molecule is C=CCCCOCCNc1ccccc1C. The van der Waals surface area contributed by atoms with Gasteiger partial charge in [0.25, 0.3) is 0 Å². The predicted octanol–water partition coefficient (Wildman–Crippen LogP) is 3.39. The molecule has 2 heteroatoms. The number of rotatable bonds is 8. The summed E-state index contributed by atoms with van der Waals surface area (Å²) in [6, 6.07) is 8.28. The van der Waals surface area contributed by atoms with Gasteiger partial charge in [0.2, 0.25) is 0 Å². The van der Waals surface area contributed by atoms with Crippen LogP contribution < -0.4 is 5.32 Å². The summed E-state index contributed by atoms with van der Waals surface area (Å²) < 4.78 is 5.49. The van der Waals surface area contributed by atoms with Crippen LogP contribution >= 0.6 is 0 Å². The van der Waals surface area contributed by atoms with Gasteiger partial charge in [-0.25, -0.2) is 0 Å². The number of anilines is 1. The van der Waals surface area contributed by atoms with Crippen LogP contribution in [0.5, 0.6) is 0 Å². The fraction of sp³-hybridized carbons (Fsp3) is 0.429. The Labute approximate surface area is 98.3 Å². The van der Waals surface area contributed by atoms with E-state index in [0.717, 1.165) is 32.6 Å². The Morgan fingerprint density at radius 1 is 1.31 bits per heavy atom. The van der Waals surface area contributed by atoms with Gasteiger partial charge >= 0.3 is 0 Å². The Balaban J connectivity index is 2.07. The molecule has 0 aliphatic carbocycles. The van der Waals surface area contributed by atoms with Crippen LogP contribution in [0.15, 0.2) is 36.9 Å². The minimum atomic E-state index is 0.755. The molecule has 1 N–H and O–H groups in total. The minimum Gasteiger partial charge on any atom is -0.383 e. The fourth-order valence-corrected chi connectivity index (χ4v) is 1.46. The van der Waals surface area contributed by atoms with E-state index >= 15 is 0 Å². The summed E-state index contributed by atoms with van der Waals surface area (Å²) in [7, 11) is 0. The summed E-state index contributed by atoms with van der Waals surface area (Å²) in [4.78, 5) is 0. The number of nitrogens with one attached hydrogen (secondary N) is 1. The third kappa shape index (κ3) is 4.99. The second kappa shape index (κ2) is 7.94. The fourth-order valence-electron chi connectivity index (χ4n) is 1.46. The van der Waals surface area contributed by atoms with Crippen molar-refractivity contribution in [3.8, 4) is 0 Å². The number of benzene rings is 1. The third-order valence-electron chi connectivity index (χ3n) is 2.40. The number of hydrogen-bond donors (Lipinski definition) is 1. The van der Waals surface area contributed by atoms with Crippen molar-refractivity contribution in [2.75, 3.05) is 25.1 Å². The predicted molar refractivity (Wildman–Crippen MR) is 69.9 cm³/mol. The molecule has 1 rings (SSSR count). The van der Waals surface area contributed by atoms with Crippen LogP contribution in [0.4, 0.5) is 5.69 Å². The van der Waals surface area contributed by atoms with Crippen LogP contribution in [0.25, 0.3) is 0 Å². The summed E-state index contributed by atoms with van der Waals surface area (Å²) in [5.41, 5.74) is 2.46. The van der Waals surface area contributed by atoms with E-state index in [2.05, 4.69) is 31.0 Å². The van der Waals surface area contributed by atoms with Gasteiger partial charge in [-0.3, -0.25) is 0 Å². The van der Waals surface area contributed by atoms with Gasteiger partial charge in [-0.1, -0.05) is 24.3 Å². The molecule has 0 bridgehead atoms. The number of allylic oxidation sites excluding steroid dienone is 1. The highest BCUT2D eigenvalue weighted by molar-refractivity contribution is 5.50. The van der Waals surface area contributed by atoms with Crippen molar-refractivity contribution in [3.63, 3.8) is 0 Å². The van der Waals surface area contributed by atoms with Crippen molar-refractivity contribution in [3.05, 3.63) is 42.5 Å². The third-order valence-corrected chi connectivity index (χ3v) is 2.40. The summed E-state index contributed by atoms with van der Waals surface area (Å²) in [6.07, 6.45) is 4.02. The number of aryl methyl sites for hydroxylation is 1. The average molecular weight is 219 g/mol. The standard InChI is InChI=1S/C14H21NO/c1-3-4-7-11-16-12-10-15-14-9-6-5-8-13(14)2/h3,5-6,8-9,15H,1,4,7,10-12H2,2H3. The van der Waals surface area contributed by atoms with E-state index < -0.39 is 0 Å². The molecule has 0 radical (unpaired) electrons. The molecule has 16 heavy (non-hydrogen) atoms. The molecule has 1 aromatic rings. The summed E-state index contributed by atoms with van der Waals surface area (Å²) in [6.45, 7) is 8.22. The zero-order valence-corrected chi connectivity index (χ0v) is 10.0. The summed E-state index contributed by atoms with van der Waals surface area (Å²) >= 11 is 0. The van der Waals surface area contributed by atoms with Crippen molar-refractivity contribution in [2.45, 2.75) is 19.8 Å². The van der Waals surface area contributed by atoms with Gasteiger partial charge in [0, 0.05) is 18.8 Å². The van der Waals surface area contributed by atoms with E-state index in [-0.39, 0.29) is 0 Å².